The lowest BCUT2D eigenvalue weighted by Gasteiger charge is -2.34. The first-order chi connectivity index (χ1) is 4.45. The summed E-state index contributed by atoms with van der Waals surface area (Å²) in [4.78, 5) is 0. The smallest absolute Gasteiger partial charge is 0.0509 e. The van der Waals surface area contributed by atoms with E-state index in [0.717, 1.165) is 26.3 Å². The Morgan fingerprint density at radius 1 is 1.22 bits per heavy atom. The van der Waals surface area contributed by atoms with E-state index in [-0.39, 0.29) is 0 Å². The molecule has 2 atom stereocenters. The molecule has 2 heterocycles. The number of rotatable bonds is 0. The fraction of sp³-hybridized carbons (Fsp3) is 0.857. The summed E-state index contributed by atoms with van der Waals surface area (Å²) in [6, 6.07) is 0. The predicted octanol–water partition coefficient (Wildman–Crippen LogP) is 0.0565. The van der Waals surface area contributed by atoms with Crippen LogP contribution in [0.1, 0.15) is 0 Å². The van der Waals surface area contributed by atoms with Crippen molar-refractivity contribution in [2.24, 2.45) is 11.8 Å². The quantitative estimate of drug-likeness (QED) is 0.495. The molecular weight excluding hydrogens is 114 g/mol. The zero-order valence-electron chi connectivity index (χ0n) is 5.47. The summed E-state index contributed by atoms with van der Waals surface area (Å²) >= 11 is 0. The molecule has 2 fully saturated rings. The summed E-state index contributed by atoms with van der Waals surface area (Å²) in [6.45, 7) is 4.11. The van der Waals surface area contributed by atoms with Crippen LogP contribution in [0.25, 0.3) is 0 Å². The Hall–Kier alpha value is -0.0800. The van der Waals surface area contributed by atoms with Crippen LogP contribution in [0, 0.1) is 18.3 Å². The molecule has 51 valence electrons. The average molecular weight is 126 g/mol. The second-order valence-electron chi connectivity index (χ2n) is 2.91. The average Bonchev–Trinajstić information content (AvgIpc) is 1.88. The molecule has 2 heteroatoms. The van der Waals surface area contributed by atoms with Crippen molar-refractivity contribution in [2.45, 2.75) is 0 Å². The van der Waals surface area contributed by atoms with E-state index in [2.05, 4.69) is 11.7 Å². The highest BCUT2D eigenvalue weighted by Crippen LogP contribution is 2.20. The van der Waals surface area contributed by atoms with Crippen LogP contribution in [0.15, 0.2) is 0 Å². The molecule has 1 radical (unpaired) electrons. The SMILES string of the molecule is [CH]1C2CNCC1COC2. The highest BCUT2D eigenvalue weighted by Gasteiger charge is 2.26. The standard InChI is InChI=1S/C7H12NO/c1-6-2-8-3-7(1)5-9-4-6/h1,6-8H,2-5H2. The Bertz CT molecular complexity index is 85.1. The van der Waals surface area contributed by atoms with E-state index in [9.17, 15) is 0 Å². The van der Waals surface area contributed by atoms with E-state index in [4.69, 9.17) is 4.74 Å². The lowest BCUT2D eigenvalue weighted by atomic mass is 9.90. The summed E-state index contributed by atoms with van der Waals surface area (Å²) in [5.41, 5.74) is 0. The van der Waals surface area contributed by atoms with E-state index in [1.165, 1.54) is 0 Å². The van der Waals surface area contributed by atoms with Gasteiger partial charge in [0.2, 0.25) is 0 Å². The first kappa shape index (κ1) is 5.69. The van der Waals surface area contributed by atoms with E-state index in [0.29, 0.717) is 11.8 Å². The Kier molecular flexibility index (Phi) is 1.44. The van der Waals surface area contributed by atoms with Crippen molar-refractivity contribution in [3.8, 4) is 0 Å². The molecule has 0 spiro atoms. The summed E-state index contributed by atoms with van der Waals surface area (Å²) in [5, 5.41) is 3.38. The molecular formula is C7H12NO. The predicted molar refractivity (Wildman–Crippen MR) is 35.0 cm³/mol. The van der Waals surface area contributed by atoms with Gasteiger partial charge in [-0.3, -0.25) is 0 Å². The third kappa shape index (κ3) is 1.10. The molecule has 0 amide bonds. The van der Waals surface area contributed by atoms with Gasteiger partial charge >= 0.3 is 0 Å². The largest absolute Gasteiger partial charge is 0.381 e. The maximum atomic E-state index is 5.37. The first-order valence-corrected chi connectivity index (χ1v) is 3.58. The van der Waals surface area contributed by atoms with Crippen molar-refractivity contribution in [3.63, 3.8) is 0 Å². The fourth-order valence-corrected chi connectivity index (χ4v) is 1.57. The van der Waals surface area contributed by atoms with Crippen LogP contribution in [0.4, 0.5) is 0 Å². The van der Waals surface area contributed by atoms with Crippen LogP contribution in [0.5, 0.6) is 0 Å². The number of piperidine rings is 1. The van der Waals surface area contributed by atoms with E-state index < -0.39 is 0 Å². The molecule has 2 aliphatic rings. The molecule has 0 aromatic heterocycles. The molecule has 9 heavy (non-hydrogen) atoms. The van der Waals surface area contributed by atoms with Gasteiger partial charge in [-0.2, -0.15) is 0 Å². The minimum absolute atomic E-state index is 0.692. The van der Waals surface area contributed by atoms with Gasteiger partial charge in [0.15, 0.2) is 0 Å². The molecule has 1 N–H and O–H groups in total. The van der Waals surface area contributed by atoms with E-state index >= 15 is 0 Å². The first-order valence-electron chi connectivity index (χ1n) is 3.58. The van der Waals surface area contributed by atoms with Crippen LogP contribution in [-0.4, -0.2) is 26.3 Å². The normalized spacial score (nSPS) is 42.7. The topological polar surface area (TPSA) is 21.3 Å². The second kappa shape index (κ2) is 2.27. The van der Waals surface area contributed by atoms with Crippen molar-refractivity contribution in [2.75, 3.05) is 26.3 Å². The molecule has 0 aliphatic carbocycles. The van der Waals surface area contributed by atoms with Crippen LogP contribution in [0.2, 0.25) is 0 Å². The van der Waals surface area contributed by atoms with E-state index in [1.54, 1.807) is 0 Å². The number of nitrogens with one attached hydrogen (secondary N) is 1. The minimum atomic E-state index is 0.692. The Morgan fingerprint density at radius 3 is 2.44 bits per heavy atom. The molecule has 0 aromatic rings. The van der Waals surface area contributed by atoms with Crippen molar-refractivity contribution >= 4 is 0 Å². The van der Waals surface area contributed by atoms with Crippen molar-refractivity contribution < 1.29 is 4.74 Å². The number of hydrogen-bond donors (Lipinski definition) is 1. The molecule has 0 aromatic carbocycles. The van der Waals surface area contributed by atoms with Crippen LogP contribution >= 0.6 is 0 Å². The molecule has 2 nitrogen and oxygen atoms in total. The van der Waals surface area contributed by atoms with Gasteiger partial charge in [-0.05, 0) is 18.3 Å². The van der Waals surface area contributed by atoms with Crippen molar-refractivity contribution in [3.05, 3.63) is 6.42 Å². The van der Waals surface area contributed by atoms with Gasteiger partial charge in [-0.15, -0.1) is 0 Å². The summed E-state index contributed by atoms with van der Waals surface area (Å²) in [6.07, 6.45) is 2.43. The monoisotopic (exact) mass is 126 g/mol. The molecule has 2 rings (SSSR count). The number of hydrogen-bond acceptors (Lipinski definition) is 2. The van der Waals surface area contributed by atoms with Gasteiger partial charge < -0.3 is 10.1 Å². The van der Waals surface area contributed by atoms with Gasteiger partial charge in [0.25, 0.3) is 0 Å². The summed E-state index contributed by atoms with van der Waals surface area (Å²) < 4.78 is 5.37. The Labute approximate surface area is 55.6 Å². The molecule has 2 aliphatic heterocycles. The summed E-state index contributed by atoms with van der Waals surface area (Å²) in [5.74, 6) is 1.38. The minimum Gasteiger partial charge on any atom is -0.381 e. The Morgan fingerprint density at radius 2 is 1.89 bits per heavy atom. The second-order valence-corrected chi connectivity index (χ2v) is 2.91. The maximum Gasteiger partial charge on any atom is 0.0509 e. The van der Waals surface area contributed by atoms with Gasteiger partial charge in [-0.25, -0.2) is 0 Å². The lowest BCUT2D eigenvalue weighted by molar-refractivity contribution is 0.0332. The van der Waals surface area contributed by atoms with Crippen LogP contribution in [0.3, 0.4) is 0 Å². The third-order valence-corrected chi connectivity index (χ3v) is 2.02. The zero-order chi connectivity index (χ0) is 6.10. The van der Waals surface area contributed by atoms with Gasteiger partial charge in [-0.1, -0.05) is 0 Å². The molecule has 2 bridgehead atoms. The van der Waals surface area contributed by atoms with Crippen molar-refractivity contribution in [1.29, 1.82) is 0 Å². The zero-order valence-corrected chi connectivity index (χ0v) is 5.47. The van der Waals surface area contributed by atoms with Crippen LogP contribution in [-0.2, 0) is 4.74 Å². The number of fused-ring (bicyclic) bond motifs is 2. The third-order valence-electron chi connectivity index (χ3n) is 2.02. The lowest BCUT2D eigenvalue weighted by Crippen LogP contribution is -2.44. The molecule has 2 saturated heterocycles. The van der Waals surface area contributed by atoms with Gasteiger partial charge in [0.05, 0.1) is 13.2 Å². The summed E-state index contributed by atoms with van der Waals surface area (Å²) in [7, 11) is 0. The highest BCUT2D eigenvalue weighted by molar-refractivity contribution is 4.93. The molecule has 0 saturated carbocycles. The number of ether oxygens (including phenoxy) is 1. The maximum absolute atomic E-state index is 5.37. The fourth-order valence-electron chi connectivity index (χ4n) is 1.57. The van der Waals surface area contributed by atoms with E-state index in [1.807, 2.05) is 0 Å². The highest BCUT2D eigenvalue weighted by atomic mass is 16.5. The molecule has 2 unspecified atom stereocenters. The van der Waals surface area contributed by atoms with Gasteiger partial charge in [0, 0.05) is 13.1 Å². The van der Waals surface area contributed by atoms with Crippen molar-refractivity contribution in [1.82, 2.24) is 5.32 Å². The van der Waals surface area contributed by atoms with Gasteiger partial charge in [0.1, 0.15) is 0 Å². The van der Waals surface area contributed by atoms with Crippen LogP contribution < -0.4 is 5.32 Å². The Balaban J connectivity index is 1.96.